The average Bonchev–Trinajstić information content (AvgIpc) is 3.14. The van der Waals surface area contributed by atoms with Gasteiger partial charge >= 0.3 is 11.7 Å². The first-order valence-electron chi connectivity index (χ1n) is 8.84. The number of imide groups is 1. The van der Waals surface area contributed by atoms with Gasteiger partial charge in [-0.15, -0.1) is 0 Å². The topological polar surface area (TPSA) is 101 Å². The molecule has 1 aromatic heterocycles. The second-order valence-corrected chi connectivity index (χ2v) is 6.41. The van der Waals surface area contributed by atoms with E-state index in [9.17, 15) is 19.2 Å². The Hall–Kier alpha value is -3.68. The maximum atomic E-state index is 12.2. The van der Waals surface area contributed by atoms with Crippen LogP contribution >= 0.6 is 0 Å². The Balaban J connectivity index is 1.31. The molecule has 0 saturated carbocycles. The third kappa shape index (κ3) is 3.09. The molecule has 0 atom stereocenters. The number of hydrogen-bond acceptors (Lipinski definition) is 5. The molecule has 1 N–H and O–H groups in total. The van der Waals surface area contributed by atoms with Crippen LogP contribution < -0.4 is 5.69 Å². The molecule has 0 spiro atoms. The molecule has 0 unspecified atom stereocenters. The van der Waals surface area contributed by atoms with Gasteiger partial charge in [-0.05, 0) is 30.7 Å². The van der Waals surface area contributed by atoms with E-state index in [1.807, 2.05) is 24.3 Å². The van der Waals surface area contributed by atoms with Gasteiger partial charge in [-0.2, -0.15) is 0 Å². The van der Waals surface area contributed by atoms with Gasteiger partial charge in [0.2, 0.25) is 0 Å². The lowest BCUT2D eigenvalue weighted by Crippen LogP contribution is -2.35. The number of aromatic amines is 1. The monoisotopic (exact) mass is 379 g/mol. The van der Waals surface area contributed by atoms with Gasteiger partial charge in [0.15, 0.2) is 0 Å². The molecule has 8 heteroatoms. The second kappa shape index (κ2) is 7.15. The number of carbonyl (C=O) groups excluding carboxylic acids is 3. The predicted molar refractivity (Wildman–Crippen MR) is 99.9 cm³/mol. The minimum Gasteiger partial charge on any atom is -0.464 e. The van der Waals surface area contributed by atoms with E-state index in [1.165, 1.54) is 0 Å². The fourth-order valence-electron chi connectivity index (χ4n) is 3.29. The van der Waals surface area contributed by atoms with Gasteiger partial charge in [-0.3, -0.25) is 23.9 Å². The zero-order valence-corrected chi connectivity index (χ0v) is 14.9. The minimum absolute atomic E-state index is 0.0773. The summed E-state index contributed by atoms with van der Waals surface area (Å²) in [5.41, 5.74) is 1.89. The van der Waals surface area contributed by atoms with E-state index in [4.69, 9.17) is 4.74 Å². The summed E-state index contributed by atoms with van der Waals surface area (Å²) in [5.74, 6) is -1.66. The normalized spacial score (nSPS) is 13.2. The summed E-state index contributed by atoms with van der Waals surface area (Å²) in [4.78, 5) is 52.2. The summed E-state index contributed by atoms with van der Waals surface area (Å²) in [6.45, 7) is 0.0243. The maximum absolute atomic E-state index is 12.2. The van der Waals surface area contributed by atoms with Gasteiger partial charge in [0, 0.05) is 6.54 Å². The van der Waals surface area contributed by atoms with Crippen LogP contribution in [0.2, 0.25) is 0 Å². The summed E-state index contributed by atoms with van der Waals surface area (Å²) in [6, 6.07) is 13.8. The number of imidazole rings is 1. The zero-order chi connectivity index (χ0) is 19.7. The lowest BCUT2D eigenvalue weighted by atomic mass is 10.1. The van der Waals surface area contributed by atoms with Gasteiger partial charge in [0.05, 0.1) is 28.8 Å². The summed E-state index contributed by atoms with van der Waals surface area (Å²) in [6.07, 6.45) is 0.426. The highest BCUT2D eigenvalue weighted by Crippen LogP contribution is 2.22. The third-order valence-electron chi connectivity index (χ3n) is 4.64. The molecule has 3 aromatic rings. The van der Waals surface area contributed by atoms with Crippen LogP contribution in [0.4, 0.5) is 0 Å². The van der Waals surface area contributed by atoms with Gasteiger partial charge in [-0.25, -0.2) is 4.79 Å². The number of H-pyrrole nitrogens is 1. The summed E-state index contributed by atoms with van der Waals surface area (Å²) in [7, 11) is 0. The first kappa shape index (κ1) is 17.7. The number of fused-ring (bicyclic) bond motifs is 2. The Morgan fingerprint density at radius 3 is 2.29 bits per heavy atom. The molecule has 0 bridgehead atoms. The molecule has 0 saturated heterocycles. The number of para-hydroxylation sites is 2. The first-order valence-corrected chi connectivity index (χ1v) is 8.84. The Morgan fingerprint density at radius 1 is 0.929 bits per heavy atom. The van der Waals surface area contributed by atoms with Crippen LogP contribution in [-0.2, 0) is 16.1 Å². The SMILES string of the molecule is O=C(CN1C(=O)c2ccccc2C1=O)OCCCn1c(=O)[nH]c2ccccc21. The van der Waals surface area contributed by atoms with Crippen LogP contribution in [-0.4, -0.2) is 45.4 Å². The van der Waals surface area contributed by atoms with Crippen molar-refractivity contribution >= 4 is 28.8 Å². The minimum atomic E-state index is -0.666. The number of aromatic nitrogens is 2. The van der Waals surface area contributed by atoms with Gasteiger partial charge in [0.25, 0.3) is 11.8 Å². The molecule has 0 fully saturated rings. The number of hydrogen-bond donors (Lipinski definition) is 1. The molecule has 0 aliphatic carbocycles. The lowest BCUT2D eigenvalue weighted by molar-refractivity contribution is -0.144. The van der Waals surface area contributed by atoms with Crippen molar-refractivity contribution in [2.45, 2.75) is 13.0 Å². The van der Waals surface area contributed by atoms with E-state index in [0.717, 1.165) is 15.9 Å². The highest BCUT2D eigenvalue weighted by molar-refractivity contribution is 6.22. The molecule has 1 aliphatic heterocycles. The number of ether oxygens (including phenoxy) is 1. The van der Waals surface area contributed by atoms with Crippen molar-refractivity contribution in [3.63, 3.8) is 0 Å². The van der Waals surface area contributed by atoms with Crippen molar-refractivity contribution in [3.05, 3.63) is 70.1 Å². The fourth-order valence-corrected chi connectivity index (χ4v) is 3.29. The van der Waals surface area contributed by atoms with Crippen LogP contribution in [0.25, 0.3) is 11.0 Å². The average molecular weight is 379 g/mol. The lowest BCUT2D eigenvalue weighted by Gasteiger charge is -2.13. The Kier molecular flexibility index (Phi) is 4.52. The molecule has 142 valence electrons. The van der Waals surface area contributed by atoms with Crippen LogP contribution in [0.1, 0.15) is 27.1 Å². The highest BCUT2D eigenvalue weighted by atomic mass is 16.5. The summed E-state index contributed by atoms with van der Waals surface area (Å²) in [5, 5.41) is 0. The Morgan fingerprint density at radius 2 is 1.57 bits per heavy atom. The maximum Gasteiger partial charge on any atom is 0.326 e. The van der Waals surface area contributed by atoms with Crippen molar-refractivity contribution < 1.29 is 19.1 Å². The molecule has 0 radical (unpaired) electrons. The number of aryl methyl sites for hydroxylation is 1. The van der Waals surface area contributed by atoms with Crippen molar-refractivity contribution in [2.75, 3.05) is 13.2 Å². The number of benzene rings is 2. The molecule has 2 amide bonds. The van der Waals surface area contributed by atoms with E-state index < -0.39 is 24.3 Å². The largest absolute Gasteiger partial charge is 0.464 e. The smallest absolute Gasteiger partial charge is 0.326 e. The van der Waals surface area contributed by atoms with Crippen LogP contribution in [0.15, 0.2) is 53.3 Å². The second-order valence-electron chi connectivity index (χ2n) is 6.41. The number of carbonyl (C=O) groups is 3. The van der Waals surface area contributed by atoms with E-state index >= 15 is 0 Å². The Bertz CT molecular complexity index is 1110. The van der Waals surface area contributed by atoms with E-state index in [2.05, 4.69) is 4.98 Å². The molecule has 2 aromatic carbocycles. The van der Waals surface area contributed by atoms with Crippen LogP contribution in [0.5, 0.6) is 0 Å². The zero-order valence-electron chi connectivity index (χ0n) is 14.9. The van der Waals surface area contributed by atoms with Crippen LogP contribution in [0.3, 0.4) is 0 Å². The molecule has 1 aliphatic rings. The number of amides is 2. The van der Waals surface area contributed by atoms with Crippen molar-refractivity contribution in [3.8, 4) is 0 Å². The third-order valence-corrected chi connectivity index (χ3v) is 4.64. The van der Waals surface area contributed by atoms with Crippen molar-refractivity contribution in [2.24, 2.45) is 0 Å². The van der Waals surface area contributed by atoms with Gasteiger partial charge in [0.1, 0.15) is 6.54 Å². The van der Waals surface area contributed by atoms with Crippen molar-refractivity contribution in [1.29, 1.82) is 0 Å². The molecule has 28 heavy (non-hydrogen) atoms. The number of nitrogens with zero attached hydrogens (tertiary/aromatic N) is 2. The standard InChI is InChI=1S/C20H17N3O5/c24-17(12-23-18(25)13-6-1-2-7-14(13)19(23)26)28-11-5-10-22-16-9-4-3-8-15(16)21-20(22)27/h1-4,6-9H,5,10-12H2,(H,21,27). The highest BCUT2D eigenvalue weighted by Gasteiger charge is 2.36. The van der Waals surface area contributed by atoms with E-state index in [1.54, 1.807) is 28.8 Å². The van der Waals surface area contributed by atoms with E-state index in [-0.39, 0.29) is 12.3 Å². The first-order chi connectivity index (χ1) is 13.6. The van der Waals surface area contributed by atoms with E-state index in [0.29, 0.717) is 24.1 Å². The number of rotatable bonds is 6. The fraction of sp³-hybridized carbons (Fsp3) is 0.200. The predicted octanol–water partition coefficient (Wildman–Crippen LogP) is 1.56. The summed E-state index contributed by atoms with van der Waals surface area (Å²) >= 11 is 0. The number of esters is 1. The Labute approximate surface area is 159 Å². The van der Waals surface area contributed by atoms with Crippen molar-refractivity contribution in [1.82, 2.24) is 14.5 Å². The molecular weight excluding hydrogens is 362 g/mol. The quantitative estimate of drug-likeness (QED) is 0.398. The van der Waals surface area contributed by atoms with Gasteiger partial charge < -0.3 is 9.72 Å². The summed E-state index contributed by atoms with van der Waals surface area (Å²) < 4.78 is 6.72. The molecule has 4 rings (SSSR count). The van der Waals surface area contributed by atoms with Crippen LogP contribution in [0, 0.1) is 0 Å². The molecule has 2 heterocycles. The molecular formula is C20H17N3O5. The number of nitrogens with one attached hydrogen (secondary N) is 1. The molecule has 8 nitrogen and oxygen atoms in total. The van der Waals surface area contributed by atoms with Gasteiger partial charge in [-0.1, -0.05) is 24.3 Å².